The molecular formula is C29H52O7. The minimum Gasteiger partial charge on any atom is -0.481 e. The van der Waals surface area contributed by atoms with E-state index in [2.05, 4.69) is 20.8 Å². The number of aliphatic hydroxyl groups is 1. The number of carbonyl (C=O) groups is 1. The molecule has 0 spiro atoms. The van der Waals surface area contributed by atoms with Crippen molar-refractivity contribution in [1.29, 1.82) is 0 Å². The second kappa shape index (κ2) is 13.9. The van der Waals surface area contributed by atoms with Crippen LogP contribution in [-0.4, -0.2) is 60.8 Å². The summed E-state index contributed by atoms with van der Waals surface area (Å²) in [6.45, 7) is 7.37. The molecule has 1 aliphatic heterocycles. The van der Waals surface area contributed by atoms with Gasteiger partial charge in [-0.3, -0.25) is 4.79 Å². The SMILES string of the molecule is COCOC(C)(C)CCCC[C@H]1CC[C@@H](C(C(=O)O)C(O)C2(C)CCC(OC3CCCCO3)CC2)C1. The van der Waals surface area contributed by atoms with E-state index in [0.717, 1.165) is 96.5 Å². The molecule has 2 N–H and O–H groups in total. The van der Waals surface area contributed by atoms with Crippen molar-refractivity contribution in [2.75, 3.05) is 20.5 Å². The van der Waals surface area contributed by atoms with Crippen LogP contribution in [0, 0.1) is 23.2 Å². The Hall–Kier alpha value is -0.730. The molecule has 0 radical (unpaired) electrons. The monoisotopic (exact) mass is 512 g/mol. The van der Waals surface area contributed by atoms with Crippen molar-refractivity contribution in [3.63, 3.8) is 0 Å². The van der Waals surface area contributed by atoms with Gasteiger partial charge in [-0.2, -0.15) is 0 Å². The first-order valence-electron chi connectivity index (χ1n) is 14.4. The zero-order chi connectivity index (χ0) is 26.2. The Kier molecular flexibility index (Phi) is 11.5. The maximum absolute atomic E-state index is 12.4. The second-order valence-electron chi connectivity index (χ2n) is 12.6. The summed E-state index contributed by atoms with van der Waals surface area (Å²) in [4.78, 5) is 12.4. The van der Waals surface area contributed by atoms with Crippen LogP contribution >= 0.6 is 0 Å². The third-order valence-electron chi connectivity index (χ3n) is 9.19. The lowest BCUT2D eigenvalue weighted by Crippen LogP contribution is -2.47. The molecule has 3 rings (SSSR count). The van der Waals surface area contributed by atoms with Crippen LogP contribution in [0.25, 0.3) is 0 Å². The Morgan fingerprint density at radius 3 is 2.50 bits per heavy atom. The number of ether oxygens (including phenoxy) is 4. The van der Waals surface area contributed by atoms with Gasteiger partial charge in [0, 0.05) is 13.7 Å². The highest BCUT2D eigenvalue weighted by Crippen LogP contribution is 2.47. The van der Waals surface area contributed by atoms with Gasteiger partial charge in [0.25, 0.3) is 0 Å². The Balaban J connectivity index is 1.44. The Labute approximate surface area is 218 Å². The molecule has 7 heteroatoms. The van der Waals surface area contributed by atoms with E-state index in [9.17, 15) is 15.0 Å². The molecule has 5 atom stereocenters. The van der Waals surface area contributed by atoms with E-state index in [4.69, 9.17) is 18.9 Å². The minimum atomic E-state index is -0.833. The molecule has 7 nitrogen and oxygen atoms in total. The smallest absolute Gasteiger partial charge is 0.309 e. The fourth-order valence-corrected chi connectivity index (χ4v) is 6.72. The Bertz CT molecular complexity index is 652. The molecule has 1 saturated heterocycles. The zero-order valence-electron chi connectivity index (χ0n) is 23.2. The van der Waals surface area contributed by atoms with Crippen molar-refractivity contribution in [2.24, 2.45) is 23.2 Å². The highest BCUT2D eigenvalue weighted by molar-refractivity contribution is 5.71. The average molecular weight is 513 g/mol. The van der Waals surface area contributed by atoms with Crippen molar-refractivity contribution >= 4 is 5.97 Å². The first-order valence-corrected chi connectivity index (χ1v) is 14.4. The molecule has 2 aliphatic carbocycles. The summed E-state index contributed by atoms with van der Waals surface area (Å²) in [6.07, 6.45) is 13.0. The Morgan fingerprint density at radius 1 is 1.11 bits per heavy atom. The molecule has 0 aromatic carbocycles. The topological polar surface area (TPSA) is 94.5 Å². The molecule has 2 saturated carbocycles. The van der Waals surface area contributed by atoms with Crippen LogP contribution in [0.3, 0.4) is 0 Å². The number of hydrogen-bond donors (Lipinski definition) is 2. The average Bonchev–Trinajstić information content (AvgIpc) is 3.31. The summed E-state index contributed by atoms with van der Waals surface area (Å²) in [5.41, 5.74) is -0.558. The number of aliphatic carboxylic acids is 1. The van der Waals surface area contributed by atoms with Gasteiger partial charge in [-0.25, -0.2) is 0 Å². The Morgan fingerprint density at radius 2 is 1.86 bits per heavy atom. The summed E-state index contributed by atoms with van der Waals surface area (Å²) in [7, 11) is 1.64. The summed E-state index contributed by atoms with van der Waals surface area (Å²) in [5, 5.41) is 21.6. The fraction of sp³-hybridized carbons (Fsp3) is 0.966. The maximum atomic E-state index is 12.4. The largest absolute Gasteiger partial charge is 0.481 e. The number of methoxy groups -OCH3 is 1. The lowest BCUT2D eigenvalue weighted by molar-refractivity contribution is -0.201. The molecule has 3 aliphatic rings. The number of aliphatic hydroxyl groups excluding tert-OH is 1. The van der Waals surface area contributed by atoms with Crippen LogP contribution in [-0.2, 0) is 23.7 Å². The maximum Gasteiger partial charge on any atom is 0.309 e. The minimum absolute atomic E-state index is 0.0606. The molecular weight excluding hydrogens is 460 g/mol. The molecule has 3 fully saturated rings. The van der Waals surface area contributed by atoms with E-state index < -0.39 is 18.0 Å². The van der Waals surface area contributed by atoms with Crippen molar-refractivity contribution in [1.82, 2.24) is 0 Å². The lowest BCUT2D eigenvalue weighted by Gasteiger charge is -2.44. The van der Waals surface area contributed by atoms with E-state index in [0.29, 0.717) is 12.7 Å². The first-order chi connectivity index (χ1) is 17.1. The van der Waals surface area contributed by atoms with Crippen molar-refractivity contribution in [2.45, 2.75) is 135 Å². The van der Waals surface area contributed by atoms with Gasteiger partial charge in [0.05, 0.1) is 23.7 Å². The highest BCUT2D eigenvalue weighted by atomic mass is 16.7. The van der Waals surface area contributed by atoms with Crippen LogP contribution in [0.5, 0.6) is 0 Å². The molecule has 0 bridgehead atoms. The predicted octanol–water partition coefficient (Wildman–Crippen LogP) is 5.92. The number of rotatable bonds is 14. The molecule has 1 heterocycles. The predicted molar refractivity (Wildman–Crippen MR) is 139 cm³/mol. The molecule has 210 valence electrons. The van der Waals surface area contributed by atoms with Crippen LogP contribution in [0.4, 0.5) is 0 Å². The van der Waals surface area contributed by atoms with E-state index in [1.807, 2.05) is 0 Å². The van der Waals surface area contributed by atoms with Gasteiger partial charge in [-0.1, -0.05) is 32.6 Å². The van der Waals surface area contributed by atoms with Gasteiger partial charge in [-0.05, 0) is 95.3 Å². The van der Waals surface area contributed by atoms with Crippen molar-refractivity contribution < 1.29 is 34.0 Å². The van der Waals surface area contributed by atoms with Gasteiger partial charge in [-0.15, -0.1) is 0 Å². The van der Waals surface area contributed by atoms with Crippen molar-refractivity contribution in [3.8, 4) is 0 Å². The normalized spacial score (nSPS) is 33.4. The van der Waals surface area contributed by atoms with E-state index in [1.165, 1.54) is 0 Å². The van der Waals surface area contributed by atoms with E-state index in [1.54, 1.807) is 7.11 Å². The molecule has 3 unspecified atom stereocenters. The number of unbranched alkanes of at least 4 members (excludes halogenated alkanes) is 1. The summed E-state index contributed by atoms with van der Waals surface area (Å²) in [6, 6.07) is 0. The highest BCUT2D eigenvalue weighted by Gasteiger charge is 2.48. The van der Waals surface area contributed by atoms with Gasteiger partial charge >= 0.3 is 5.97 Å². The third-order valence-corrected chi connectivity index (χ3v) is 9.19. The number of carboxylic acids is 1. The number of carboxylic acid groups (broad SMARTS) is 1. The molecule has 0 aromatic heterocycles. The first kappa shape index (κ1) is 29.8. The zero-order valence-corrected chi connectivity index (χ0v) is 23.2. The molecule has 0 amide bonds. The van der Waals surface area contributed by atoms with Crippen LogP contribution in [0.1, 0.15) is 111 Å². The molecule has 0 aromatic rings. The van der Waals surface area contributed by atoms with Gasteiger partial charge in [0.15, 0.2) is 6.29 Å². The van der Waals surface area contributed by atoms with Crippen LogP contribution in [0.15, 0.2) is 0 Å². The second-order valence-corrected chi connectivity index (χ2v) is 12.6. The standard InChI is InChI=1S/C29H52O7/c1-28(2,35-20-33-4)15-7-5-9-21-11-12-22(19-21)25(27(31)32)26(30)29(3)16-13-23(14-17-29)36-24-10-6-8-18-34-24/h21-26,30H,5-20H2,1-4H3,(H,31,32)/t21-,22+,23?,24?,25?,26?,29?/m0/s1. The van der Waals surface area contributed by atoms with Gasteiger partial charge in [0.1, 0.15) is 6.79 Å². The quantitative estimate of drug-likeness (QED) is 0.220. The van der Waals surface area contributed by atoms with Gasteiger partial charge in [0.2, 0.25) is 0 Å². The van der Waals surface area contributed by atoms with Gasteiger partial charge < -0.3 is 29.2 Å². The van der Waals surface area contributed by atoms with E-state index in [-0.39, 0.29) is 29.3 Å². The number of hydrogen-bond acceptors (Lipinski definition) is 6. The summed E-state index contributed by atoms with van der Waals surface area (Å²) < 4.78 is 22.7. The van der Waals surface area contributed by atoms with Crippen LogP contribution < -0.4 is 0 Å². The van der Waals surface area contributed by atoms with Crippen LogP contribution in [0.2, 0.25) is 0 Å². The van der Waals surface area contributed by atoms with Crippen molar-refractivity contribution in [3.05, 3.63) is 0 Å². The third kappa shape index (κ3) is 8.65. The van der Waals surface area contributed by atoms with E-state index >= 15 is 0 Å². The lowest BCUT2D eigenvalue weighted by atomic mass is 9.65. The fourth-order valence-electron chi connectivity index (χ4n) is 6.72. The molecule has 36 heavy (non-hydrogen) atoms. The summed E-state index contributed by atoms with van der Waals surface area (Å²) >= 11 is 0. The summed E-state index contributed by atoms with van der Waals surface area (Å²) in [5.74, 6) is -0.897.